The van der Waals surface area contributed by atoms with E-state index in [1.54, 1.807) is 18.5 Å². The molecule has 41 heavy (non-hydrogen) atoms. The fourth-order valence-electron chi connectivity index (χ4n) is 5.77. The summed E-state index contributed by atoms with van der Waals surface area (Å²) in [5, 5.41) is 11.7. The van der Waals surface area contributed by atoms with E-state index in [2.05, 4.69) is 22.4 Å². The van der Waals surface area contributed by atoms with Crippen molar-refractivity contribution in [2.45, 2.75) is 76.2 Å². The summed E-state index contributed by atoms with van der Waals surface area (Å²) in [4.78, 5) is 15.0. The zero-order chi connectivity index (χ0) is 28.8. The average molecular weight is 568 g/mol. The maximum Gasteiger partial charge on any atom is 0.416 e. The van der Waals surface area contributed by atoms with E-state index in [1.807, 2.05) is 29.8 Å². The lowest BCUT2D eigenvalue weighted by atomic mass is 9.78. The first-order valence-electron chi connectivity index (χ1n) is 14.4. The van der Waals surface area contributed by atoms with Crippen LogP contribution in [-0.2, 0) is 31.1 Å². The van der Waals surface area contributed by atoms with E-state index >= 15 is 0 Å². The molecule has 1 unspecified atom stereocenters. The van der Waals surface area contributed by atoms with Gasteiger partial charge in [0, 0.05) is 36.3 Å². The second-order valence-electron chi connectivity index (χ2n) is 12.1. The molecule has 3 aromatic rings. The minimum absolute atomic E-state index is 0.0313. The lowest BCUT2D eigenvalue weighted by molar-refractivity contribution is -0.138. The van der Waals surface area contributed by atoms with Crippen LogP contribution in [0.1, 0.15) is 89.8 Å². The Morgan fingerprint density at radius 3 is 2.44 bits per heavy atom. The Morgan fingerprint density at radius 1 is 1.12 bits per heavy atom. The Bertz CT molecular complexity index is 1420. The number of anilines is 1. The molecule has 10 heteroatoms. The van der Waals surface area contributed by atoms with E-state index in [1.165, 1.54) is 30.2 Å². The number of nitrogens with zero attached hydrogens (tertiary/aromatic N) is 4. The van der Waals surface area contributed by atoms with Gasteiger partial charge >= 0.3 is 6.18 Å². The van der Waals surface area contributed by atoms with Crippen LogP contribution >= 0.6 is 0 Å². The number of nitrogens with one attached hydrogen (secondary N) is 1. The van der Waals surface area contributed by atoms with Crippen LogP contribution in [0.4, 0.5) is 18.9 Å². The summed E-state index contributed by atoms with van der Waals surface area (Å²) in [6, 6.07) is 10.3. The van der Waals surface area contributed by atoms with E-state index in [9.17, 15) is 18.0 Å². The highest BCUT2D eigenvalue weighted by atomic mass is 19.4. The Balaban J connectivity index is 0.000000947. The maximum atomic E-state index is 14.2. The van der Waals surface area contributed by atoms with Gasteiger partial charge in [0.1, 0.15) is 12.2 Å². The van der Waals surface area contributed by atoms with Crippen molar-refractivity contribution in [2.24, 2.45) is 13.0 Å². The van der Waals surface area contributed by atoms with Crippen LogP contribution in [0.3, 0.4) is 0 Å². The second-order valence-corrected chi connectivity index (χ2v) is 12.1. The molecule has 218 valence electrons. The number of rotatable bonds is 7. The Labute approximate surface area is 238 Å². The van der Waals surface area contributed by atoms with Gasteiger partial charge in [0.2, 0.25) is 0 Å². The van der Waals surface area contributed by atoms with Crippen LogP contribution in [0.25, 0.3) is 0 Å². The Kier molecular flexibility index (Phi) is 7.40. The van der Waals surface area contributed by atoms with Gasteiger partial charge in [0.15, 0.2) is 0 Å². The minimum atomic E-state index is -4.56. The fraction of sp³-hybridized carbons (Fsp3) is 0.516. The quantitative estimate of drug-likeness (QED) is 0.381. The van der Waals surface area contributed by atoms with Crippen LogP contribution in [0.15, 0.2) is 42.7 Å². The monoisotopic (exact) mass is 567 g/mol. The van der Waals surface area contributed by atoms with E-state index in [4.69, 9.17) is 4.74 Å². The molecular weight excluding hydrogens is 531 g/mol. The molecule has 1 N–H and O–H groups in total. The first kappa shape index (κ1) is 27.9. The van der Waals surface area contributed by atoms with Crippen molar-refractivity contribution in [2.75, 3.05) is 18.1 Å². The van der Waals surface area contributed by atoms with E-state index < -0.39 is 17.6 Å². The number of alkyl halides is 3. The molecule has 1 saturated heterocycles. The third kappa shape index (κ3) is 5.77. The number of carbonyl (C=O) groups is 1. The number of hydrogen-bond donors (Lipinski definition) is 1. The predicted molar refractivity (Wildman–Crippen MR) is 149 cm³/mol. The van der Waals surface area contributed by atoms with Gasteiger partial charge in [-0.2, -0.15) is 13.2 Å². The zero-order valence-corrected chi connectivity index (χ0v) is 23.5. The Hall–Kier alpha value is -3.24. The van der Waals surface area contributed by atoms with E-state index in [0.717, 1.165) is 30.7 Å². The number of ether oxygens (including phenoxy) is 1. The molecule has 1 amide bonds. The summed E-state index contributed by atoms with van der Waals surface area (Å²) in [6.07, 6.45) is 4.69. The van der Waals surface area contributed by atoms with Gasteiger partial charge in [-0.25, -0.2) is 0 Å². The van der Waals surface area contributed by atoms with Crippen molar-refractivity contribution < 1.29 is 22.7 Å². The Morgan fingerprint density at radius 2 is 1.88 bits per heavy atom. The molecule has 2 aromatic carbocycles. The highest BCUT2D eigenvalue weighted by molar-refractivity contribution is 6.10. The molecule has 3 fully saturated rings. The van der Waals surface area contributed by atoms with Gasteiger partial charge in [-0.05, 0) is 67.1 Å². The number of aromatic nitrogens is 3. The number of halogens is 3. The summed E-state index contributed by atoms with van der Waals surface area (Å²) in [7, 11) is 1.88. The van der Waals surface area contributed by atoms with Gasteiger partial charge < -0.3 is 19.5 Å². The predicted octanol–water partition coefficient (Wildman–Crippen LogP) is 5.98. The van der Waals surface area contributed by atoms with Gasteiger partial charge in [-0.1, -0.05) is 31.4 Å². The lowest BCUT2D eigenvalue weighted by Gasteiger charge is -2.39. The van der Waals surface area contributed by atoms with Crippen LogP contribution in [-0.4, -0.2) is 39.4 Å². The second kappa shape index (κ2) is 10.9. The van der Waals surface area contributed by atoms with Gasteiger partial charge in [0.25, 0.3) is 5.91 Å². The molecular formula is C31H36F3N5O2. The fourth-order valence-corrected chi connectivity index (χ4v) is 5.77. The maximum absolute atomic E-state index is 14.2. The molecule has 4 aliphatic rings. The third-order valence-electron chi connectivity index (χ3n) is 8.64. The van der Waals surface area contributed by atoms with Gasteiger partial charge in [-0.15, -0.1) is 10.2 Å². The van der Waals surface area contributed by atoms with Crippen molar-refractivity contribution in [3.63, 3.8) is 0 Å². The summed E-state index contributed by atoms with van der Waals surface area (Å²) in [6.45, 7) is 3.41. The van der Waals surface area contributed by atoms with Crippen molar-refractivity contribution >= 4 is 11.6 Å². The molecule has 2 aliphatic carbocycles. The van der Waals surface area contributed by atoms with Crippen molar-refractivity contribution in [1.82, 2.24) is 20.1 Å². The number of fused-ring (bicyclic) bond motifs is 1. The third-order valence-corrected chi connectivity index (χ3v) is 8.64. The van der Waals surface area contributed by atoms with Crippen LogP contribution < -0.4 is 10.2 Å². The summed E-state index contributed by atoms with van der Waals surface area (Å²) < 4.78 is 49.8. The first-order valence-corrected chi connectivity index (χ1v) is 14.4. The molecule has 3 heterocycles. The van der Waals surface area contributed by atoms with Crippen LogP contribution in [0, 0.1) is 5.92 Å². The zero-order valence-electron chi connectivity index (χ0n) is 23.5. The molecule has 7 nitrogen and oxygen atoms in total. The smallest absolute Gasteiger partial charge is 0.381 e. The van der Waals surface area contributed by atoms with E-state index in [0.29, 0.717) is 31.0 Å². The standard InChI is InChI=1S/C28H30F3N5O2.C3H6/c1-27(7-4-8-27)32-12-17-9-21-22(23(10-17)28(29,30)31)13-36(26(21)37)20-6-3-5-18(11-20)24(19-14-38-15-19)25-34-33-16-35(25)2;1-2-3-1/h3,5-6,9-11,16,19,24,32H,4,7-8,12-15H2,1-2H3;1-3H2. The molecule has 2 saturated carbocycles. The average Bonchev–Trinajstić information content (AvgIpc) is 3.67. The lowest BCUT2D eigenvalue weighted by Crippen LogP contribution is -2.47. The number of benzene rings is 2. The SMILES string of the molecule is C1CC1.Cn1cnnc1C(c1cccc(N2Cc3c(cc(CNC4(C)CCC4)cc3C(F)(F)F)C2=O)c1)C1COC1. The molecule has 1 atom stereocenters. The van der Waals surface area contributed by atoms with Gasteiger partial charge in [0.05, 0.1) is 31.2 Å². The highest BCUT2D eigenvalue weighted by Gasteiger charge is 2.41. The highest BCUT2D eigenvalue weighted by Crippen LogP contribution is 2.41. The van der Waals surface area contributed by atoms with Crippen LogP contribution in [0.5, 0.6) is 0 Å². The minimum Gasteiger partial charge on any atom is -0.381 e. The molecule has 7 rings (SSSR count). The molecule has 0 bridgehead atoms. The summed E-state index contributed by atoms with van der Waals surface area (Å²) >= 11 is 0. The number of aryl methyl sites for hydroxylation is 1. The molecule has 0 spiro atoms. The normalized spacial score (nSPS) is 20.0. The largest absolute Gasteiger partial charge is 0.416 e. The van der Waals surface area contributed by atoms with Gasteiger partial charge in [-0.3, -0.25) is 4.79 Å². The topological polar surface area (TPSA) is 72.3 Å². The van der Waals surface area contributed by atoms with Crippen molar-refractivity contribution in [3.8, 4) is 0 Å². The van der Waals surface area contributed by atoms with Crippen molar-refractivity contribution in [3.05, 3.63) is 76.4 Å². The number of carbonyl (C=O) groups excluding carboxylic acids is 1. The van der Waals surface area contributed by atoms with Crippen molar-refractivity contribution in [1.29, 1.82) is 0 Å². The molecule has 0 radical (unpaired) electrons. The summed E-state index contributed by atoms with van der Waals surface area (Å²) in [5.74, 6) is 0.460. The molecule has 2 aliphatic heterocycles. The number of hydrogen-bond acceptors (Lipinski definition) is 5. The molecule has 1 aromatic heterocycles. The van der Waals surface area contributed by atoms with Crippen LogP contribution in [0.2, 0.25) is 0 Å². The van der Waals surface area contributed by atoms with E-state index in [-0.39, 0.29) is 35.0 Å². The summed E-state index contributed by atoms with van der Waals surface area (Å²) in [5.41, 5.74) is 1.32. The number of amides is 1. The first-order chi connectivity index (χ1) is 19.6.